The van der Waals surface area contributed by atoms with Crippen LogP contribution < -0.4 is 54.8 Å². The zero-order chi connectivity index (χ0) is 55.8. The van der Waals surface area contributed by atoms with Gasteiger partial charge >= 0.3 is 11.9 Å². The van der Waals surface area contributed by atoms with Crippen LogP contribution in [0.1, 0.15) is 76.3 Å². The second kappa shape index (κ2) is 33.8. The van der Waals surface area contributed by atoms with Crippen LogP contribution in [0.2, 0.25) is 0 Å². The van der Waals surface area contributed by atoms with Gasteiger partial charge in [-0.25, -0.2) is 0 Å². The zero-order valence-corrected chi connectivity index (χ0v) is 43.0. The average molecular weight is 1050 g/mol. The molecule has 0 spiro atoms. The Labute approximate surface area is 442 Å². The lowest BCUT2D eigenvalue weighted by Gasteiger charge is -2.23. The molecule has 22 heteroatoms. The average Bonchev–Trinajstić information content (AvgIpc) is 3.38. The third-order valence-electron chi connectivity index (χ3n) is 11.3. The summed E-state index contributed by atoms with van der Waals surface area (Å²) in [6, 6.07) is 30.9. The molecule has 0 unspecified atom stereocenters. The summed E-state index contributed by atoms with van der Waals surface area (Å²) < 4.78 is 0. The molecule has 0 aromatic heterocycles. The van der Waals surface area contributed by atoms with E-state index in [4.69, 9.17) is 33.1 Å². The number of carboxylic acids is 2. The van der Waals surface area contributed by atoms with E-state index in [0.717, 1.165) is 33.4 Å². The molecular weight excluding hydrogens is 977 g/mol. The summed E-state index contributed by atoms with van der Waals surface area (Å²) in [7, 11) is 0. The van der Waals surface area contributed by atoms with Gasteiger partial charge in [0.2, 0.25) is 35.4 Å². The van der Waals surface area contributed by atoms with Crippen LogP contribution >= 0.6 is 0 Å². The highest BCUT2D eigenvalue weighted by Crippen LogP contribution is 2.21. The Bertz CT molecular complexity index is 2380. The van der Waals surface area contributed by atoms with Gasteiger partial charge in [-0.1, -0.05) is 109 Å². The van der Waals surface area contributed by atoms with Crippen LogP contribution in [0.25, 0.3) is 22.3 Å². The van der Waals surface area contributed by atoms with Crippen molar-refractivity contribution in [3.05, 3.63) is 120 Å². The predicted octanol–water partition coefficient (Wildman–Crippen LogP) is 1.84. The molecule has 408 valence electrons. The summed E-state index contributed by atoms with van der Waals surface area (Å²) in [6.07, 6.45) is 2.14. The van der Waals surface area contributed by atoms with Crippen molar-refractivity contribution in [2.75, 3.05) is 26.2 Å². The van der Waals surface area contributed by atoms with E-state index in [1.165, 1.54) is 13.8 Å². The maximum absolute atomic E-state index is 13.0. The topological polar surface area (TPSA) is 378 Å². The Balaban J connectivity index is 0.000000400. The summed E-state index contributed by atoms with van der Waals surface area (Å²) in [5.74, 6) is -5.19. The molecule has 4 aromatic rings. The van der Waals surface area contributed by atoms with Gasteiger partial charge in [0, 0.05) is 65.7 Å². The number of nitrogens with zero attached hydrogens (tertiary/aromatic N) is 2. The Hall–Kier alpha value is -8.82. The SMILES string of the molecule is CC(=O)N[C@@H](CCC(=O)O)C(=O)N[C@@H](Cc1ccc(-c2ccccc2)cc1)C(=O)NCCCCN=C(N)N.CC(=O)N[C@H](CCC(=O)O)C(=O)N[C@H](Cc1ccc(-c2ccccc2)cc1)C(=O)NCCCCN=C(N)N. The molecule has 0 radical (unpaired) electrons. The molecule has 6 amide bonds. The van der Waals surface area contributed by atoms with E-state index >= 15 is 0 Å². The molecule has 16 N–H and O–H groups in total. The summed E-state index contributed by atoms with van der Waals surface area (Å²) in [5.41, 5.74) is 27.0. The van der Waals surface area contributed by atoms with E-state index in [0.29, 0.717) is 51.9 Å². The van der Waals surface area contributed by atoms with E-state index in [1.807, 2.05) is 109 Å². The highest BCUT2D eigenvalue weighted by molar-refractivity contribution is 5.93. The fourth-order valence-electron chi connectivity index (χ4n) is 7.49. The monoisotopic (exact) mass is 1050 g/mol. The van der Waals surface area contributed by atoms with Crippen molar-refractivity contribution < 1.29 is 48.6 Å². The van der Waals surface area contributed by atoms with Gasteiger partial charge in [0.05, 0.1) is 0 Å². The smallest absolute Gasteiger partial charge is 0.303 e. The predicted molar refractivity (Wildman–Crippen MR) is 290 cm³/mol. The summed E-state index contributed by atoms with van der Waals surface area (Å²) in [5, 5.41) is 34.0. The molecule has 0 fully saturated rings. The van der Waals surface area contributed by atoms with Crippen molar-refractivity contribution >= 4 is 59.3 Å². The van der Waals surface area contributed by atoms with Crippen LogP contribution in [0.5, 0.6) is 0 Å². The molecule has 76 heavy (non-hydrogen) atoms. The molecular formula is C54H72N12O10. The number of amides is 6. The van der Waals surface area contributed by atoms with Crippen molar-refractivity contribution in [2.45, 2.75) is 102 Å². The van der Waals surface area contributed by atoms with Gasteiger partial charge in [-0.05, 0) is 71.9 Å². The fourth-order valence-corrected chi connectivity index (χ4v) is 7.49. The first kappa shape index (κ1) is 61.5. The summed E-state index contributed by atoms with van der Waals surface area (Å²) >= 11 is 0. The number of unbranched alkanes of at least 4 members (excludes halogenated alkanes) is 2. The van der Waals surface area contributed by atoms with Crippen LogP contribution in [-0.2, 0) is 51.2 Å². The molecule has 4 aromatic carbocycles. The number of aliphatic imine (C=N–C) groups is 2. The van der Waals surface area contributed by atoms with Gasteiger partial charge in [0.25, 0.3) is 0 Å². The van der Waals surface area contributed by atoms with Crippen molar-refractivity contribution in [3.8, 4) is 22.3 Å². The minimum absolute atomic E-state index is 0.00622. The van der Waals surface area contributed by atoms with Gasteiger partial charge < -0.3 is 65.0 Å². The number of hydrogen-bond acceptors (Lipinski definition) is 10. The number of carboxylic acid groups (broad SMARTS) is 2. The van der Waals surface area contributed by atoms with Crippen molar-refractivity contribution in [1.29, 1.82) is 0 Å². The number of carbonyl (C=O) groups is 8. The molecule has 0 heterocycles. The van der Waals surface area contributed by atoms with Crippen LogP contribution in [0.3, 0.4) is 0 Å². The van der Waals surface area contributed by atoms with Crippen molar-refractivity contribution in [1.82, 2.24) is 31.9 Å². The lowest BCUT2D eigenvalue weighted by atomic mass is 10.00. The number of nitrogens with one attached hydrogen (secondary N) is 6. The van der Waals surface area contributed by atoms with Crippen molar-refractivity contribution in [2.24, 2.45) is 32.9 Å². The number of aliphatic carboxylic acids is 2. The number of nitrogens with two attached hydrogens (primary N) is 4. The molecule has 0 bridgehead atoms. The lowest BCUT2D eigenvalue weighted by Crippen LogP contribution is -2.54. The molecule has 0 saturated carbocycles. The van der Waals surface area contributed by atoms with Crippen LogP contribution in [-0.4, -0.2) is 120 Å². The normalized spacial score (nSPS) is 12.0. The Morgan fingerprint density at radius 3 is 1.07 bits per heavy atom. The van der Waals surface area contributed by atoms with Gasteiger partial charge in [-0.15, -0.1) is 0 Å². The van der Waals surface area contributed by atoms with E-state index < -0.39 is 71.5 Å². The molecule has 4 rings (SSSR count). The van der Waals surface area contributed by atoms with Crippen LogP contribution in [0.4, 0.5) is 0 Å². The highest BCUT2D eigenvalue weighted by Gasteiger charge is 2.28. The number of guanidine groups is 2. The van der Waals surface area contributed by atoms with E-state index in [9.17, 15) is 38.4 Å². The van der Waals surface area contributed by atoms with E-state index in [-0.39, 0.29) is 50.4 Å². The molecule has 0 aliphatic rings. The van der Waals surface area contributed by atoms with Gasteiger partial charge in [0.15, 0.2) is 11.9 Å². The zero-order valence-electron chi connectivity index (χ0n) is 43.0. The summed E-state index contributed by atoms with van der Waals surface area (Å²) in [6.45, 7) is 4.06. The molecule has 0 aliphatic heterocycles. The second-order valence-electron chi connectivity index (χ2n) is 17.6. The molecule has 22 nitrogen and oxygen atoms in total. The first-order valence-electron chi connectivity index (χ1n) is 24.8. The molecule has 0 saturated heterocycles. The quantitative estimate of drug-likeness (QED) is 0.0202. The molecule has 4 atom stereocenters. The summed E-state index contributed by atoms with van der Waals surface area (Å²) in [4.78, 5) is 105. The standard InChI is InChI=1S/2C27H36N6O5/c2*1-18(34)32-22(13-14-24(35)36)26(38)33-23(25(37)30-15-5-6-16-31-27(28)29)17-19-9-11-21(12-10-19)20-7-3-2-4-8-20/h2*2-4,7-12,22-23H,5-6,13-17H2,1H3,(H,30,37)(H,32,34)(H,33,38)(H,35,36)(H4,28,29,31)/t2*22-,23-/m10/s1. The third-order valence-corrected chi connectivity index (χ3v) is 11.3. The fraction of sp³-hybridized carbons (Fsp3) is 0.370. The van der Waals surface area contributed by atoms with Gasteiger partial charge in [-0.3, -0.25) is 48.3 Å². The van der Waals surface area contributed by atoms with Gasteiger partial charge in [0.1, 0.15) is 24.2 Å². The highest BCUT2D eigenvalue weighted by atomic mass is 16.4. The Morgan fingerprint density at radius 1 is 0.434 bits per heavy atom. The Morgan fingerprint density at radius 2 is 0.763 bits per heavy atom. The van der Waals surface area contributed by atoms with Crippen LogP contribution in [0, 0.1) is 0 Å². The lowest BCUT2D eigenvalue weighted by molar-refractivity contribution is -0.139. The maximum Gasteiger partial charge on any atom is 0.303 e. The minimum Gasteiger partial charge on any atom is -0.481 e. The third kappa shape index (κ3) is 25.2. The van der Waals surface area contributed by atoms with E-state index in [1.54, 1.807) is 0 Å². The number of hydrogen-bond donors (Lipinski definition) is 12. The number of rotatable bonds is 30. The number of benzene rings is 4. The maximum atomic E-state index is 13.0. The minimum atomic E-state index is -1.10. The largest absolute Gasteiger partial charge is 0.481 e. The Kier molecular flexibility index (Phi) is 27.4. The number of carbonyl (C=O) groups excluding carboxylic acids is 6. The molecule has 0 aliphatic carbocycles. The van der Waals surface area contributed by atoms with Crippen molar-refractivity contribution in [3.63, 3.8) is 0 Å². The first-order chi connectivity index (χ1) is 36.3. The first-order valence-corrected chi connectivity index (χ1v) is 24.8. The van der Waals surface area contributed by atoms with Gasteiger partial charge in [-0.2, -0.15) is 0 Å². The second-order valence-corrected chi connectivity index (χ2v) is 17.6. The van der Waals surface area contributed by atoms with Crippen LogP contribution in [0.15, 0.2) is 119 Å². The van der Waals surface area contributed by atoms with E-state index in [2.05, 4.69) is 41.9 Å².